The number of carbonyl (C=O) groups excluding carboxylic acids is 2. The number of nitrogens with zero attached hydrogens (tertiary/aromatic N) is 1. The number of amides is 2. The molecule has 1 saturated heterocycles. The van der Waals surface area contributed by atoms with Gasteiger partial charge in [0.15, 0.2) is 0 Å². The zero-order chi connectivity index (χ0) is 13.2. The van der Waals surface area contributed by atoms with Crippen LogP contribution in [0.15, 0.2) is 24.3 Å². The van der Waals surface area contributed by atoms with Crippen LogP contribution in [-0.4, -0.2) is 42.9 Å². The minimum absolute atomic E-state index is 0.00185. The minimum atomic E-state index is -0.309. The van der Waals surface area contributed by atoms with E-state index < -0.39 is 0 Å². The zero-order valence-corrected chi connectivity index (χ0v) is 10.7. The Morgan fingerprint density at radius 2 is 2.11 bits per heavy atom. The van der Waals surface area contributed by atoms with Gasteiger partial charge in [-0.3, -0.25) is 9.59 Å². The van der Waals surface area contributed by atoms with Crippen LogP contribution >= 0.6 is 0 Å². The normalized spacial score (nSPS) is 22.6. The highest BCUT2D eigenvalue weighted by Gasteiger charge is 2.31. The number of benzene rings is 1. The molecule has 100 valence electrons. The SMILES string of the molecule is O=C1CN(C(=O)C2NCCc3ccccc32)CCN1. The van der Waals surface area contributed by atoms with Crippen molar-refractivity contribution < 1.29 is 9.59 Å². The summed E-state index contributed by atoms with van der Waals surface area (Å²) in [6.07, 6.45) is 0.945. The van der Waals surface area contributed by atoms with Gasteiger partial charge in [-0.25, -0.2) is 0 Å². The molecule has 1 fully saturated rings. The van der Waals surface area contributed by atoms with E-state index in [1.165, 1.54) is 5.56 Å². The second kappa shape index (κ2) is 5.01. The van der Waals surface area contributed by atoms with Crippen LogP contribution < -0.4 is 10.6 Å². The van der Waals surface area contributed by atoms with E-state index >= 15 is 0 Å². The monoisotopic (exact) mass is 259 g/mol. The van der Waals surface area contributed by atoms with Gasteiger partial charge in [0.25, 0.3) is 0 Å². The Morgan fingerprint density at radius 3 is 2.95 bits per heavy atom. The standard InChI is InChI=1S/C14H17N3O2/c18-12-9-17(8-7-15-12)14(19)13-11-4-2-1-3-10(11)5-6-16-13/h1-4,13,16H,5-9H2,(H,15,18). The highest BCUT2D eigenvalue weighted by molar-refractivity contribution is 5.89. The highest BCUT2D eigenvalue weighted by Crippen LogP contribution is 2.24. The van der Waals surface area contributed by atoms with Crippen molar-refractivity contribution >= 4 is 11.8 Å². The third-order valence-corrected chi connectivity index (χ3v) is 3.71. The number of carbonyl (C=O) groups is 2. The Labute approximate surface area is 112 Å². The van der Waals surface area contributed by atoms with Crippen molar-refractivity contribution in [1.29, 1.82) is 0 Å². The van der Waals surface area contributed by atoms with E-state index in [2.05, 4.69) is 16.7 Å². The van der Waals surface area contributed by atoms with Crippen molar-refractivity contribution in [2.45, 2.75) is 12.5 Å². The number of rotatable bonds is 1. The molecule has 0 aromatic heterocycles. The second-order valence-electron chi connectivity index (χ2n) is 4.95. The number of fused-ring (bicyclic) bond motifs is 1. The molecule has 1 aromatic carbocycles. The van der Waals surface area contributed by atoms with Crippen LogP contribution in [0.2, 0.25) is 0 Å². The molecule has 1 atom stereocenters. The lowest BCUT2D eigenvalue weighted by atomic mass is 9.93. The molecule has 2 heterocycles. The average molecular weight is 259 g/mol. The summed E-state index contributed by atoms with van der Waals surface area (Å²) in [5, 5.41) is 6.00. The highest BCUT2D eigenvalue weighted by atomic mass is 16.2. The van der Waals surface area contributed by atoms with Crippen LogP contribution in [0, 0.1) is 0 Å². The molecule has 0 radical (unpaired) electrons. The van der Waals surface area contributed by atoms with Crippen LogP contribution in [0.4, 0.5) is 0 Å². The molecule has 2 aliphatic rings. The van der Waals surface area contributed by atoms with E-state index in [-0.39, 0.29) is 24.4 Å². The maximum atomic E-state index is 12.5. The lowest BCUT2D eigenvalue weighted by molar-refractivity contribution is -0.140. The Balaban J connectivity index is 1.83. The van der Waals surface area contributed by atoms with Crippen molar-refractivity contribution in [3.63, 3.8) is 0 Å². The van der Waals surface area contributed by atoms with Gasteiger partial charge >= 0.3 is 0 Å². The summed E-state index contributed by atoms with van der Waals surface area (Å²) in [7, 11) is 0. The fourth-order valence-electron chi connectivity index (χ4n) is 2.73. The van der Waals surface area contributed by atoms with Gasteiger partial charge in [0.1, 0.15) is 6.04 Å². The molecule has 0 aliphatic carbocycles. The van der Waals surface area contributed by atoms with E-state index in [1.807, 2.05) is 18.2 Å². The molecule has 5 nitrogen and oxygen atoms in total. The largest absolute Gasteiger partial charge is 0.353 e. The van der Waals surface area contributed by atoms with Crippen LogP contribution in [-0.2, 0) is 16.0 Å². The summed E-state index contributed by atoms with van der Waals surface area (Å²) in [6, 6.07) is 7.71. The first-order valence-corrected chi connectivity index (χ1v) is 6.62. The molecule has 2 N–H and O–H groups in total. The first-order valence-electron chi connectivity index (χ1n) is 6.62. The van der Waals surface area contributed by atoms with Crippen LogP contribution in [0.3, 0.4) is 0 Å². The summed E-state index contributed by atoms with van der Waals surface area (Å²) < 4.78 is 0. The first kappa shape index (κ1) is 12.2. The van der Waals surface area contributed by atoms with Gasteiger partial charge < -0.3 is 15.5 Å². The second-order valence-corrected chi connectivity index (χ2v) is 4.95. The Morgan fingerprint density at radius 1 is 1.26 bits per heavy atom. The van der Waals surface area contributed by atoms with E-state index in [4.69, 9.17) is 0 Å². The average Bonchev–Trinajstić information content (AvgIpc) is 2.46. The number of nitrogens with one attached hydrogen (secondary N) is 2. The molecular weight excluding hydrogens is 242 g/mol. The molecule has 19 heavy (non-hydrogen) atoms. The van der Waals surface area contributed by atoms with Crippen molar-refractivity contribution in [3.05, 3.63) is 35.4 Å². The van der Waals surface area contributed by atoms with Crippen molar-refractivity contribution in [1.82, 2.24) is 15.5 Å². The summed E-state index contributed by atoms with van der Waals surface area (Å²) in [4.78, 5) is 25.6. The zero-order valence-electron chi connectivity index (χ0n) is 10.7. The molecule has 0 spiro atoms. The number of hydrogen-bond acceptors (Lipinski definition) is 3. The Bertz CT molecular complexity index is 515. The molecule has 0 saturated carbocycles. The maximum absolute atomic E-state index is 12.5. The molecule has 2 aliphatic heterocycles. The molecular formula is C14H17N3O2. The quantitative estimate of drug-likeness (QED) is 0.736. The predicted molar refractivity (Wildman–Crippen MR) is 70.5 cm³/mol. The third kappa shape index (κ3) is 2.33. The van der Waals surface area contributed by atoms with Gasteiger partial charge in [0.2, 0.25) is 11.8 Å². The van der Waals surface area contributed by atoms with E-state index in [9.17, 15) is 9.59 Å². The predicted octanol–water partition coefficient (Wildman–Crippen LogP) is -0.168. The van der Waals surface area contributed by atoms with Crippen molar-refractivity contribution in [2.75, 3.05) is 26.2 Å². The minimum Gasteiger partial charge on any atom is -0.353 e. The summed E-state index contributed by atoms with van der Waals surface area (Å²) >= 11 is 0. The summed E-state index contributed by atoms with van der Waals surface area (Å²) in [6.45, 7) is 2.09. The summed E-state index contributed by atoms with van der Waals surface area (Å²) in [5.74, 6) is -0.0781. The molecule has 2 amide bonds. The van der Waals surface area contributed by atoms with E-state index in [0.717, 1.165) is 18.5 Å². The smallest absolute Gasteiger partial charge is 0.244 e. The van der Waals surface area contributed by atoms with E-state index in [0.29, 0.717) is 13.1 Å². The van der Waals surface area contributed by atoms with Crippen LogP contribution in [0.5, 0.6) is 0 Å². The van der Waals surface area contributed by atoms with Gasteiger partial charge in [-0.1, -0.05) is 24.3 Å². The molecule has 1 aromatic rings. The van der Waals surface area contributed by atoms with Crippen LogP contribution in [0.1, 0.15) is 17.2 Å². The van der Waals surface area contributed by atoms with Crippen LogP contribution in [0.25, 0.3) is 0 Å². The van der Waals surface area contributed by atoms with Gasteiger partial charge in [-0.05, 0) is 17.5 Å². The number of piperazine rings is 1. The lowest BCUT2D eigenvalue weighted by Gasteiger charge is -2.33. The van der Waals surface area contributed by atoms with Crippen molar-refractivity contribution in [2.24, 2.45) is 0 Å². The van der Waals surface area contributed by atoms with Gasteiger partial charge in [-0.15, -0.1) is 0 Å². The Hall–Kier alpha value is -1.88. The molecule has 1 unspecified atom stereocenters. The first-order chi connectivity index (χ1) is 9.25. The lowest BCUT2D eigenvalue weighted by Crippen LogP contribution is -2.53. The fraction of sp³-hybridized carbons (Fsp3) is 0.429. The fourth-order valence-corrected chi connectivity index (χ4v) is 2.73. The van der Waals surface area contributed by atoms with Gasteiger partial charge in [0.05, 0.1) is 6.54 Å². The number of hydrogen-bond donors (Lipinski definition) is 2. The summed E-state index contributed by atoms with van der Waals surface area (Å²) in [5.41, 5.74) is 2.27. The third-order valence-electron chi connectivity index (χ3n) is 3.71. The topological polar surface area (TPSA) is 61.4 Å². The van der Waals surface area contributed by atoms with E-state index in [1.54, 1.807) is 4.90 Å². The van der Waals surface area contributed by atoms with Gasteiger partial charge in [-0.2, -0.15) is 0 Å². The maximum Gasteiger partial charge on any atom is 0.244 e. The Kier molecular flexibility index (Phi) is 3.21. The van der Waals surface area contributed by atoms with Gasteiger partial charge in [0, 0.05) is 19.6 Å². The molecule has 3 rings (SSSR count). The van der Waals surface area contributed by atoms with Crippen molar-refractivity contribution in [3.8, 4) is 0 Å². The molecule has 0 bridgehead atoms. The molecule has 5 heteroatoms.